The van der Waals surface area contributed by atoms with Gasteiger partial charge in [0.15, 0.2) is 0 Å². The van der Waals surface area contributed by atoms with E-state index in [2.05, 4.69) is 15.6 Å². The van der Waals surface area contributed by atoms with Crippen LogP contribution in [0.2, 0.25) is 0 Å². The van der Waals surface area contributed by atoms with Crippen molar-refractivity contribution in [2.24, 2.45) is 0 Å². The third kappa shape index (κ3) is 5.09. The summed E-state index contributed by atoms with van der Waals surface area (Å²) in [5, 5.41) is 15.8. The minimum absolute atomic E-state index is 0.0368. The molecule has 2 aromatic rings. The first-order chi connectivity index (χ1) is 12.0. The van der Waals surface area contributed by atoms with Gasteiger partial charge in [-0.3, -0.25) is 4.98 Å². The number of nitrogens with zero attached hydrogens (tertiary/aromatic N) is 1. The van der Waals surface area contributed by atoms with Crippen molar-refractivity contribution in [3.63, 3.8) is 0 Å². The molecule has 0 saturated heterocycles. The highest BCUT2D eigenvalue weighted by Crippen LogP contribution is 2.29. The molecule has 2 rings (SSSR count). The molecule has 25 heavy (non-hydrogen) atoms. The fourth-order valence-electron chi connectivity index (χ4n) is 2.36. The first-order valence-corrected chi connectivity index (χ1v) is 7.89. The third-order valence-corrected chi connectivity index (χ3v) is 3.78. The Morgan fingerprint density at radius 3 is 2.72 bits per heavy atom. The zero-order valence-electron chi connectivity index (χ0n) is 14.5. The van der Waals surface area contributed by atoms with E-state index in [1.165, 1.54) is 7.11 Å². The van der Waals surface area contributed by atoms with Gasteiger partial charge in [-0.2, -0.15) is 0 Å². The van der Waals surface area contributed by atoms with Crippen LogP contribution in [0.25, 0.3) is 0 Å². The van der Waals surface area contributed by atoms with E-state index in [-0.39, 0.29) is 18.6 Å². The summed E-state index contributed by atoms with van der Waals surface area (Å²) >= 11 is 0. The van der Waals surface area contributed by atoms with Crippen molar-refractivity contribution in [1.29, 1.82) is 0 Å². The average Bonchev–Trinajstić information content (AvgIpc) is 2.66. The Bertz CT molecular complexity index is 694. The zero-order chi connectivity index (χ0) is 18.2. The van der Waals surface area contributed by atoms with Crippen LogP contribution in [0.4, 0.5) is 4.79 Å². The van der Waals surface area contributed by atoms with E-state index >= 15 is 0 Å². The number of amides is 2. The van der Waals surface area contributed by atoms with Crippen molar-refractivity contribution in [2.45, 2.75) is 19.1 Å². The van der Waals surface area contributed by atoms with Crippen LogP contribution >= 0.6 is 0 Å². The first kappa shape index (κ1) is 18.5. The van der Waals surface area contributed by atoms with Crippen molar-refractivity contribution >= 4 is 6.03 Å². The lowest BCUT2D eigenvalue weighted by Crippen LogP contribution is -2.39. The maximum absolute atomic E-state index is 12.0. The molecule has 1 aromatic heterocycles. The molecular formula is C18H23N3O4. The van der Waals surface area contributed by atoms with Gasteiger partial charge < -0.3 is 25.2 Å². The molecule has 7 nitrogen and oxygen atoms in total. The molecule has 2 amide bonds. The fourth-order valence-corrected chi connectivity index (χ4v) is 2.36. The van der Waals surface area contributed by atoms with Gasteiger partial charge in [0.05, 0.1) is 20.3 Å². The number of urea groups is 1. The summed E-state index contributed by atoms with van der Waals surface area (Å²) in [4.78, 5) is 16.1. The second kappa shape index (κ2) is 8.89. The third-order valence-electron chi connectivity index (χ3n) is 3.78. The van der Waals surface area contributed by atoms with Gasteiger partial charge in [-0.05, 0) is 36.8 Å². The van der Waals surface area contributed by atoms with E-state index in [4.69, 9.17) is 9.47 Å². The van der Waals surface area contributed by atoms with Crippen molar-refractivity contribution in [3.05, 3.63) is 53.9 Å². The molecule has 0 unspecified atom stereocenters. The average molecular weight is 345 g/mol. The molecule has 0 fully saturated rings. The molecule has 7 heteroatoms. The SMILES string of the molecule is COc1ccc(OC)c([C@H](O)CNC(=O)N[C@@H](C)c2cccnc2)c1. The van der Waals surface area contributed by atoms with Crippen LogP contribution in [-0.2, 0) is 0 Å². The number of pyridine rings is 1. The largest absolute Gasteiger partial charge is 0.497 e. The number of aromatic nitrogens is 1. The Kier molecular flexibility index (Phi) is 6.59. The number of rotatable bonds is 7. The van der Waals surface area contributed by atoms with Crippen LogP contribution < -0.4 is 20.1 Å². The summed E-state index contributed by atoms with van der Waals surface area (Å²) in [6.45, 7) is 1.90. The molecular weight excluding hydrogens is 322 g/mol. The molecule has 1 heterocycles. The number of nitrogens with one attached hydrogen (secondary N) is 2. The topological polar surface area (TPSA) is 92.7 Å². The van der Waals surface area contributed by atoms with Crippen molar-refractivity contribution in [1.82, 2.24) is 15.6 Å². The number of aliphatic hydroxyl groups excluding tert-OH is 1. The molecule has 134 valence electrons. The number of carbonyl (C=O) groups excluding carboxylic acids is 1. The second-order valence-electron chi connectivity index (χ2n) is 5.49. The maximum Gasteiger partial charge on any atom is 0.315 e. The minimum atomic E-state index is -0.926. The van der Waals surface area contributed by atoms with Gasteiger partial charge in [0.25, 0.3) is 0 Å². The number of carbonyl (C=O) groups is 1. The molecule has 0 bridgehead atoms. The predicted molar refractivity (Wildman–Crippen MR) is 93.7 cm³/mol. The molecule has 0 aliphatic heterocycles. The van der Waals surface area contributed by atoms with Gasteiger partial charge in [-0.15, -0.1) is 0 Å². The van der Waals surface area contributed by atoms with Crippen molar-refractivity contribution in [2.75, 3.05) is 20.8 Å². The van der Waals surface area contributed by atoms with Crippen LogP contribution in [0.15, 0.2) is 42.7 Å². The van der Waals surface area contributed by atoms with Gasteiger partial charge in [0.2, 0.25) is 0 Å². The van der Waals surface area contributed by atoms with Crippen molar-refractivity contribution in [3.8, 4) is 11.5 Å². The number of benzene rings is 1. The molecule has 1 aromatic carbocycles. The van der Waals surface area contributed by atoms with E-state index in [1.54, 1.807) is 37.7 Å². The lowest BCUT2D eigenvalue weighted by atomic mass is 10.1. The van der Waals surface area contributed by atoms with Crippen LogP contribution in [0.5, 0.6) is 11.5 Å². The predicted octanol–water partition coefficient (Wildman–Crippen LogP) is 2.19. The molecule has 0 saturated carbocycles. The quantitative estimate of drug-likeness (QED) is 0.715. The highest BCUT2D eigenvalue weighted by molar-refractivity contribution is 5.74. The summed E-state index contributed by atoms with van der Waals surface area (Å²) in [7, 11) is 3.07. The van der Waals surface area contributed by atoms with E-state index in [9.17, 15) is 9.90 Å². The number of ether oxygens (including phenoxy) is 2. The molecule has 3 N–H and O–H groups in total. The fraction of sp³-hybridized carbons (Fsp3) is 0.333. The summed E-state index contributed by atoms with van der Waals surface area (Å²) in [5.41, 5.74) is 1.44. The van der Waals surface area contributed by atoms with E-state index in [1.807, 2.05) is 19.1 Å². The summed E-state index contributed by atoms with van der Waals surface area (Å²) in [6.07, 6.45) is 2.44. The highest BCUT2D eigenvalue weighted by Gasteiger charge is 2.16. The number of aliphatic hydroxyl groups is 1. The smallest absolute Gasteiger partial charge is 0.315 e. The Hall–Kier alpha value is -2.80. The molecule has 0 radical (unpaired) electrons. The van der Waals surface area contributed by atoms with Gasteiger partial charge in [0, 0.05) is 24.5 Å². The Morgan fingerprint density at radius 1 is 1.28 bits per heavy atom. The van der Waals surface area contributed by atoms with E-state index in [0.717, 1.165) is 5.56 Å². The lowest BCUT2D eigenvalue weighted by Gasteiger charge is -2.18. The number of hydrogen-bond donors (Lipinski definition) is 3. The molecule has 0 spiro atoms. The van der Waals surface area contributed by atoms with Crippen LogP contribution in [0.3, 0.4) is 0 Å². The van der Waals surface area contributed by atoms with Gasteiger partial charge in [-0.25, -0.2) is 4.79 Å². The van der Waals surface area contributed by atoms with Gasteiger partial charge in [0.1, 0.15) is 17.6 Å². The van der Waals surface area contributed by atoms with Crippen LogP contribution in [-0.4, -0.2) is 36.9 Å². The van der Waals surface area contributed by atoms with Gasteiger partial charge in [-0.1, -0.05) is 6.07 Å². The normalized spacial score (nSPS) is 12.8. The first-order valence-electron chi connectivity index (χ1n) is 7.89. The van der Waals surface area contributed by atoms with E-state index < -0.39 is 6.10 Å². The Labute approximate surface area is 147 Å². The number of methoxy groups -OCH3 is 2. The molecule has 2 atom stereocenters. The second-order valence-corrected chi connectivity index (χ2v) is 5.49. The minimum Gasteiger partial charge on any atom is -0.497 e. The summed E-state index contributed by atoms with van der Waals surface area (Å²) in [6, 6.07) is 8.25. The maximum atomic E-state index is 12.0. The summed E-state index contributed by atoms with van der Waals surface area (Å²) in [5.74, 6) is 1.13. The van der Waals surface area contributed by atoms with Crippen molar-refractivity contribution < 1.29 is 19.4 Å². The lowest BCUT2D eigenvalue weighted by molar-refractivity contribution is 0.168. The van der Waals surface area contributed by atoms with Gasteiger partial charge >= 0.3 is 6.03 Å². The molecule has 0 aliphatic rings. The monoisotopic (exact) mass is 345 g/mol. The number of hydrogen-bond acceptors (Lipinski definition) is 5. The summed E-state index contributed by atoms with van der Waals surface area (Å²) < 4.78 is 10.4. The zero-order valence-corrected chi connectivity index (χ0v) is 14.5. The van der Waals surface area contributed by atoms with Crippen LogP contribution in [0.1, 0.15) is 30.2 Å². The molecule has 0 aliphatic carbocycles. The standard InChI is InChI=1S/C18H23N3O4/c1-12(13-5-4-8-19-10-13)21-18(23)20-11-16(22)15-9-14(24-2)6-7-17(15)25-3/h4-10,12,16,22H,11H2,1-3H3,(H2,20,21,23)/t12-,16+/m0/s1. The van der Waals surface area contributed by atoms with E-state index in [0.29, 0.717) is 17.1 Å². The van der Waals surface area contributed by atoms with Crippen LogP contribution in [0, 0.1) is 0 Å². The Morgan fingerprint density at radius 2 is 2.08 bits per heavy atom. The Balaban J connectivity index is 1.93. The highest BCUT2D eigenvalue weighted by atomic mass is 16.5.